The number of amides is 1. The van der Waals surface area contributed by atoms with Crippen molar-refractivity contribution in [1.82, 2.24) is 24.8 Å². The molecule has 2 atom stereocenters. The topological polar surface area (TPSA) is 93.2 Å². The third-order valence-electron chi connectivity index (χ3n) is 8.66. The molecule has 10 nitrogen and oxygen atoms in total. The molecule has 7 rings (SSSR count). The van der Waals surface area contributed by atoms with Crippen molar-refractivity contribution in [1.29, 1.82) is 0 Å². The van der Waals surface area contributed by atoms with Crippen LogP contribution in [0, 0.1) is 5.82 Å². The van der Waals surface area contributed by atoms with Crippen molar-refractivity contribution in [2.24, 2.45) is 0 Å². The van der Waals surface area contributed by atoms with Crippen LogP contribution in [0.2, 0.25) is 5.02 Å². The third-order valence-corrected chi connectivity index (χ3v) is 11.0. The highest BCUT2D eigenvalue weighted by atomic mass is 35.5. The van der Waals surface area contributed by atoms with Crippen molar-refractivity contribution in [3.05, 3.63) is 53.0 Å². The van der Waals surface area contributed by atoms with E-state index in [-0.39, 0.29) is 31.0 Å². The largest absolute Gasteiger partial charge is 0.467 e. The molecule has 0 aliphatic carbocycles. The molecule has 0 radical (unpaired) electrons. The lowest BCUT2D eigenvalue weighted by atomic mass is 9.91. The van der Waals surface area contributed by atoms with Gasteiger partial charge in [-0.25, -0.2) is 4.39 Å². The Morgan fingerprint density at radius 2 is 2.09 bits per heavy atom. The highest BCUT2D eigenvalue weighted by Gasteiger charge is 2.50. The summed E-state index contributed by atoms with van der Waals surface area (Å²) in [7, 11) is 0.963. The van der Waals surface area contributed by atoms with E-state index in [1.807, 2.05) is 15.9 Å². The number of pyridine rings is 1. The number of rotatable bonds is 6. The number of anilines is 1. The Hall–Kier alpha value is -3.16. The van der Waals surface area contributed by atoms with E-state index in [1.165, 1.54) is 19.4 Å². The van der Waals surface area contributed by atoms with Gasteiger partial charge < -0.3 is 23.8 Å². The maximum Gasteiger partial charge on any atom is 0.418 e. The van der Waals surface area contributed by atoms with Crippen LogP contribution < -0.4 is 9.64 Å². The maximum atomic E-state index is 16.1. The number of carbonyl (C=O) groups excluding carboxylic acids is 1. The molecule has 45 heavy (non-hydrogen) atoms. The van der Waals surface area contributed by atoms with Crippen LogP contribution in [-0.2, 0) is 20.2 Å². The lowest BCUT2D eigenvalue weighted by Gasteiger charge is -2.55. The lowest BCUT2D eigenvalue weighted by molar-refractivity contribution is -0.164. The second-order valence-electron chi connectivity index (χ2n) is 11.4. The molecule has 4 saturated heterocycles. The number of piperazine rings is 1. The smallest absolute Gasteiger partial charge is 0.418 e. The number of carbonyl (C=O) groups is 1. The van der Waals surface area contributed by atoms with Crippen LogP contribution in [0.15, 0.2) is 36.5 Å². The van der Waals surface area contributed by atoms with E-state index in [0.29, 0.717) is 51.3 Å². The quantitative estimate of drug-likeness (QED) is 0.213. The fraction of sp³-hybridized carbons (Fsp3) is 0.448. The van der Waals surface area contributed by atoms with Crippen molar-refractivity contribution in [3.8, 4) is 17.3 Å². The number of ether oxygens (including phenoxy) is 2. The normalized spacial score (nSPS) is 23.0. The number of aromatic nitrogens is 3. The van der Waals surface area contributed by atoms with Crippen LogP contribution >= 0.6 is 19.7 Å². The van der Waals surface area contributed by atoms with E-state index in [9.17, 15) is 18.0 Å². The molecular formula is C29H28ClF4N6O4P. The van der Waals surface area contributed by atoms with Crippen molar-refractivity contribution >= 4 is 42.4 Å². The maximum absolute atomic E-state index is 16.1. The predicted octanol–water partition coefficient (Wildman–Crippen LogP) is 4.55. The molecule has 16 heteroatoms. The molecular weight excluding hydrogens is 639 g/mol. The summed E-state index contributed by atoms with van der Waals surface area (Å²) in [4.78, 5) is 32.1. The van der Waals surface area contributed by atoms with E-state index >= 15 is 4.39 Å². The lowest BCUT2D eigenvalue weighted by Crippen LogP contribution is -2.72. The third kappa shape index (κ3) is 5.40. The van der Waals surface area contributed by atoms with Crippen molar-refractivity contribution < 1.29 is 36.4 Å². The van der Waals surface area contributed by atoms with Crippen LogP contribution in [0.3, 0.4) is 0 Å². The summed E-state index contributed by atoms with van der Waals surface area (Å²) in [6.07, 6.45) is 1.96. The SMILES string of the molecule is COc1nc(N2CCN(C(=O)/C=C/CN3CP4CC3CO4)C3(COC3)C2)c2cnc(-c3cccc(Cl)c3C(F)(F)F)c(F)c2n1. The number of alkyl halides is 3. The van der Waals surface area contributed by atoms with Gasteiger partial charge in [-0.05, 0) is 6.07 Å². The number of nitrogens with zero attached hydrogens (tertiary/aromatic N) is 6. The Bertz CT molecular complexity index is 1690. The van der Waals surface area contributed by atoms with Crippen LogP contribution in [0.4, 0.5) is 23.4 Å². The number of halogens is 5. The second kappa shape index (κ2) is 11.6. The number of fused-ring (bicyclic) bond motifs is 3. The van der Waals surface area contributed by atoms with Gasteiger partial charge in [0.15, 0.2) is 5.82 Å². The molecule has 3 aromatic rings. The molecule has 238 valence electrons. The number of hydrogen-bond acceptors (Lipinski definition) is 9. The molecule has 0 N–H and O–H groups in total. The molecule has 1 amide bonds. The van der Waals surface area contributed by atoms with Gasteiger partial charge in [0.05, 0.1) is 42.9 Å². The van der Waals surface area contributed by atoms with Crippen LogP contribution in [0.25, 0.3) is 22.2 Å². The van der Waals surface area contributed by atoms with Crippen molar-refractivity contribution in [3.63, 3.8) is 0 Å². The Morgan fingerprint density at radius 3 is 2.76 bits per heavy atom. The summed E-state index contributed by atoms with van der Waals surface area (Å²) in [6, 6.07) is 3.76. The van der Waals surface area contributed by atoms with E-state index < -0.39 is 39.4 Å². The minimum absolute atomic E-state index is 0.117. The minimum atomic E-state index is -4.85. The molecule has 1 spiro atoms. The Balaban J connectivity index is 1.17. The first-order chi connectivity index (χ1) is 21.6. The summed E-state index contributed by atoms with van der Waals surface area (Å²) in [5.74, 6) is -0.894. The molecule has 4 fully saturated rings. The molecule has 6 heterocycles. The highest BCUT2D eigenvalue weighted by Crippen LogP contribution is 2.51. The number of benzene rings is 1. The molecule has 1 aromatic carbocycles. The first-order valence-corrected chi connectivity index (χ1v) is 16.3. The van der Waals surface area contributed by atoms with Crippen molar-refractivity contribution in [2.45, 2.75) is 17.8 Å². The molecule has 2 unspecified atom stereocenters. The zero-order valence-corrected chi connectivity index (χ0v) is 25.7. The van der Waals surface area contributed by atoms with Gasteiger partial charge in [-0.2, -0.15) is 23.1 Å². The molecule has 4 aliphatic heterocycles. The molecule has 4 aliphatic rings. The van der Waals surface area contributed by atoms with Crippen LogP contribution in [0.1, 0.15) is 5.56 Å². The monoisotopic (exact) mass is 666 g/mol. The van der Waals surface area contributed by atoms with Gasteiger partial charge in [-0.15, -0.1) is 0 Å². The summed E-state index contributed by atoms with van der Waals surface area (Å²) < 4.78 is 74.3. The average molecular weight is 667 g/mol. The van der Waals surface area contributed by atoms with Gasteiger partial charge in [-0.3, -0.25) is 14.7 Å². The summed E-state index contributed by atoms with van der Waals surface area (Å²) in [5.41, 5.74) is -3.14. The van der Waals surface area contributed by atoms with Crippen molar-refractivity contribution in [2.75, 3.05) is 70.5 Å². The average Bonchev–Trinajstić information content (AvgIpc) is 3.63. The van der Waals surface area contributed by atoms with Gasteiger partial charge in [0, 0.05) is 70.7 Å². The Labute approximate surface area is 261 Å². The van der Waals surface area contributed by atoms with Crippen LogP contribution in [0.5, 0.6) is 6.01 Å². The molecule has 0 saturated carbocycles. The van der Waals surface area contributed by atoms with Gasteiger partial charge >= 0.3 is 12.2 Å². The van der Waals surface area contributed by atoms with E-state index in [0.717, 1.165) is 31.2 Å². The fourth-order valence-corrected chi connectivity index (χ4v) is 8.92. The van der Waals surface area contributed by atoms with Gasteiger partial charge in [0.25, 0.3) is 0 Å². The zero-order valence-electron chi connectivity index (χ0n) is 24.1. The standard InChI is InChI=1S/C29H28ClF4N6O4P/c1-42-27-36-25-19(10-35-24(23(25)31)18-4-2-5-20(30)22(18)29(32,33)34)26(37-27)38-8-9-40(28(13-38)14-43-15-28)21(41)6-3-7-39-16-45-12-17(39)11-44-45/h2-6,10,17H,7-9,11-16H2,1H3/b6-3+. The van der Waals surface area contributed by atoms with Gasteiger partial charge in [0.1, 0.15) is 22.6 Å². The van der Waals surface area contributed by atoms with E-state index in [2.05, 4.69) is 19.9 Å². The van der Waals surface area contributed by atoms with Gasteiger partial charge in [-0.1, -0.05) is 29.8 Å². The summed E-state index contributed by atoms with van der Waals surface area (Å²) in [6.45, 7) is 3.09. The molecule has 2 aromatic heterocycles. The first-order valence-electron chi connectivity index (χ1n) is 14.3. The summed E-state index contributed by atoms with van der Waals surface area (Å²) in [5, 5.41) is -0.385. The summed E-state index contributed by atoms with van der Waals surface area (Å²) >= 11 is 5.89. The number of hydrogen-bond donors (Lipinski definition) is 0. The first kappa shape index (κ1) is 30.5. The zero-order chi connectivity index (χ0) is 31.5. The Morgan fingerprint density at radius 1 is 1.27 bits per heavy atom. The highest BCUT2D eigenvalue weighted by molar-refractivity contribution is 7.53. The predicted molar refractivity (Wildman–Crippen MR) is 159 cm³/mol. The van der Waals surface area contributed by atoms with Gasteiger partial charge in [0.2, 0.25) is 5.91 Å². The fourth-order valence-electron chi connectivity index (χ4n) is 6.39. The van der Waals surface area contributed by atoms with E-state index in [1.54, 1.807) is 6.08 Å². The number of methoxy groups -OCH3 is 1. The minimum Gasteiger partial charge on any atom is -0.467 e. The van der Waals surface area contributed by atoms with Crippen LogP contribution in [-0.4, -0.2) is 108 Å². The second-order valence-corrected chi connectivity index (χ2v) is 13.7. The Kier molecular flexibility index (Phi) is 7.84. The molecule has 2 bridgehead atoms. The van der Waals surface area contributed by atoms with E-state index in [4.69, 9.17) is 25.6 Å².